The molecule has 3 saturated heterocycles. The topological polar surface area (TPSA) is 229 Å². The third-order valence-corrected chi connectivity index (χ3v) is 14.5. The molecule has 8 atom stereocenters. The molecule has 310 valence electrons. The van der Waals surface area contributed by atoms with Gasteiger partial charge in [-0.1, -0.05) is 80.6 Å². The van der Waals surface area contributed by atoms with Crippen LogP contribution < -0.4 is 27.0 Å². The van der Waals surface area contributed by atoms with Crippen LogP contribution in [0, 0.1) is 0 Å². The van der Waals surface area contributed by atoms with Crippen molar-refractivity contribution in [1.29, 1.82) is 0 Å². The zero-order valence-electron chi connectivity index (χ0n) is 33.2. The Morgan fingerprint density at radius 2 is 0.949 bits per heavy atom. The third kappa shape index (κ3) is 5.75. The number of amides is 6. The molecule has 3 fully saturated rings. The zero-order valence-corrected chi connectivity index (χ0v) is 33.2. The van der Waals surface area contributed by atoms with Gasteiger partial charge in [0, 0.05) is 53.5 Å². The Labute approximate surface area is 342 Å². The molecule has 4 bridgehead atoms. The number of likely N-dealkylation sites (tertiary alicyclic amines) is 2. The van der Waals surface area contributed by atoms with E-state index in [2.05, 4.69) is 25.3 Å². The average molecular weight is 806 g/mol. The second-order valence-corrected chi connectivity index (χ2v) is 17.3. The number of carbonyl (C=O) groups is 6. The Bertz CT molecular complexity index is 2070. The second kappa shape index (κ2) is 14.5. The highest BCUT2D eigenvalue weighted by Crippen LogP contribution is 2.58. The van der Waals surface area contributed by atoms with E-state index in [1.165, 1.54) is 0 Å². The molecule has 15 heteroatoms. The van der Waals surface area contributed by atoms with Crippen LogP contribution in [-0.4, -0.2) is 93.1 Å². The van der Waals surface area contributed by atoms with Crippen molar-refractivity contribution in [3.63, 3.8) is 0 Å². The Balaban J connectivity index is 1.26. The van der Waals surface area contributed by atoms with Gasteiger partial charge in [-0.15, -0.1) is 0 Å². The number of nitrogens with two attached hydrogens (primary N) is 2. The van der Waals surface area contributed by atoms with Gasteiger partial charge < -0.3 is 26.6 Å². The third-order valence-electron chi connectivity index (χ3n) is 14.5. The summed E-state index contributed by atoms with van der Waals surface area (Å²) in [5.41, 5.74) is 9.72. The maximum absolute atomic E-state index is 14.7. The van der Waals surface area contributed by atoms with E-state index in [1.54, 1.807) is 0 Å². The number of para-hydroxylation sites is 1. The van der Waals surface area contributed by atoms with Crippen LogP contribution in [-0.2, 0) is 41.1 Å². The lowest BCUT2D eigenvalue weighted by atomic mass is 9.56. The quantitative estimate of drug-likeness (QED) is 0.164. The van der Waals surface area contributed by atoms with Crippen molar-refractivity contribution in [2.45, 2.75) is 111 Å². The minimum atomic E-state index is -1.59. The number of imide groups is 2. The number of carbonyl (C=O) groups excluding carboxylic acids is 4. The number of fused-ring (bicyclic) bond motifs is 6. The van der Waals surface area contributed by atoms with Crippen molar-refractivity contribution in [3.05, 3.63) is 101 Å². The first-order chi connectivity index (χ1) is 28.1. The van der Waals surface area contributed by atoms with Crippen molar-refractivity contribution in [1.82, 2.24) is 20.4 Å². The SMILES string of the molecule is CC1(CC(N)=O)c2ccc(cc2)[C@]1(C(=O)NC(=O)O)N1CCCC1[C@@H]1CC[C@@H](C2CCCN2[C@@]2(C(=O)NC(=O)O)c3ccc(cc3)C2(C)CC(N)=O)N1c1ccccc1. The summed E-state index contributed by atoms with van der Waals surface area (Å²) in [6.45, 7) is 4.54. The molecule has 3 aromatic rings. The van der Waals surface area contributed by atoms with Crippen LogP contribution >= 0.6 is 0 Å². The molecule has 0 aromatic heterocycles. The fourth-order valence-corrected chi connectivity index (χ4v) is 12.6. The van der Waals surface area contributed by atoms with Gasteiger partial charge in [-0.25, -0.2) is 9.59 Å². The average Bonchev–Trinajstić information content (AvgIpc) is 3.95. The van der Waals surface area contributed by atoms with Gasteiger partial charge in [0.05, 0.1) is 0 Å². The Hall–Kier alpha value is -5.80. The van der Waals surface area contributed by atoms with Crippen molar-refractivity contribution in [3.8, 4) is 0 Å². The first-order valence-corrected chi connectivity index (χ1v) is 20.4. The summed E-state index contributed by atoms with van der Waals surface area (Å²) in [6.07, 6.45) is 0.702. The molecule has 4 unspecified atom stereocenters. The molecule has 3 aromatic carbocycles. The lowest BCUT2D eigenvalue weighted by molar-refractivity contribution is -0.144. The molecule has 3 aliphatic heterocycles. The summed E-state index contributed by atoms with van der Waals surface area (Å²) >= 11 is 0. The lowest BCUT2D eigenvalue weighted by Gasteiger charge is -2.58. The van der Waals surface area contributed by atoms with Gasteiger partial charge in [0.2, 0.25) is 11.8 Å². The molecule has 59 heavy (non-hydrogen) atoms. The van der Waals surface area contributed by atoms with Crippen molar-refractivity contribution in [2.75, 3.05) is 18.0 Å². The smallest absolute Gasteiger partial charge is 0.411 e. The number of carboxylic acid groups (broad SMARTS) is 2. The van der Waals surface area contributed by atoms with Crippen LogP contribution in [0.5, 0.6) is 0 Å². The standard InChI is InChI=1S/C44H51N7O8/c1-41(24-35(45)52)26-12-16-28(17-13-26)43(41,37(54)47-39(56)57)49-22-6-10-31(49)33-20-21-34(51(33)30-8-4-3-5-9-30)32-11-7-23-50(32)44(38(55)48-40(58)59)29-18-14-27(15-19-29)42(44,2)25-36(46)53/h3-5,8-9,12-19,31-34H,6-7,10-11,20-25H2,1-2H3,(H2,45,52)(H2,46,53)(H,47,54)(H,48,55)(H,56,57)(H,58,59)/t31?,32?,33-,34-,41?,42?,43+,44+/m0/s1. The zero-order chi connectivity index (χ0) is 42.1. The summed E-state index contributed by atoms with van der Waals surface area (Å²) in [7, 11) is 0. The van der Waals surface area contributed by atoms with Crippen LogP contribution in [0.2, 0.25) is 0 Å². The molecule has 4 aliphatic carbocycles. The number of nitrogens with zero attached hydrogens (tertiary/aromatic N) is 3. The first-order valence-electron chi connectivity index (χ1n) is 20.4. The summed E-state index contributed by atoms with van der Waals surface area (Å²) in [5, 5.41) is 24.3. The molecule has 0 saturated carbocycles. The van der Waals surface area contributed by atoms with E-state index < -0.39 is 57.7 Å². The van der Waals surface area contributed by atoms with E-state index >= 15 is 0 Å². The van der Waals surface area contributed by atoms with E-state index in [4.69, 9.17) is 11.5 Å². The fourth-order valence-electron chi connectivity index (χ4n) is 12.6. The first kappa shape index (κ1) is 40.0. The highest BCUT2D eigenvalue weighted by Gasteiger charge is 2.67. The number of hydrogen-bond donors (Lipinski definition) is 6. The molecular weight excluding hydrogens is 755 g/mol. The van der Waals surface area contributed by atoms with Gasteiger partial charge >= 0.3 is 12.2 Å². The number of benzene rings is 3. The largest absolute Gasteiger partial charge is 0.465 e. The Morgan fingerprint density at radius 3 is 1.31 bits per heavy atom. The number of rotatable bonds is 11. The van der Waals surface area contributed by atoms with Crippen molar-refractivity contribution < 1.29 is 39.0 Å². The normalized spacial score (nSPS) is 32.3. The summed E-state index contributed by atoms with van der Waals surface area (Å²) in [5.74, 6) is -2.72. The van der Waals surface area contributed by atoms with Gasteiger partial charge in [0.25, 0.3) is 11.8 Å². The molecule has 3 heterocycles. The van der Waals surface area contributed by atoms with Crippen molar-refractivity contribution >= 4 is 41.5 Å². The van der Waals surface area contributed by atoms with Crippen LogP contribution in [0.3, 0.4) is 0 Å². The predicted molar refractivity (Wildman–Crippen MR) is 216 cm³/mol. The molecule has 6 amide bonds. The molecule has 15 nitrogen and oxygen atoms in total. The van der Waals surface area contributed by atoms with Gasteiger partial charge in [0.1, 0.15) is 11.1 Å². The minimum absolute atomic E-state index is 0.200. The highest BCUT2D eigenvalue weighted by molar-refractivity contribution is 6.01. The van der Waals surface area contributed by atoms with Crippen LogP contribution in [0.15, 0.2) is 78.9 Å². The van der Waals surface area contributed by atoms with Crippen LogP contribution in [0.4, 0.5) is 15.3 Å². The highest BCUT2D eigenvalue weighted by atomic mass is 16.4. The van der Waals surface area contributed by atoms with E-state index in [1.807, 2.05) is 92.7 Å². The van der Waals surface area contributed by atoms with Gasteiger partial charge in [-0.05, 0) is 86.0 Å². The maximum Gasteiger partial charge on any atom is 0.411 e. The Morgan fingerprint density at radius 1 is 0.576 bits per heavy atom. The molecule has 0 spiro atoms. The maximum atomic E-state index is 14.7. The molecule has 7 aliphatic rings. The number of anilines is 1. The second-order valence-electron chi connectivity index (χ2n) is 17.3. The molecule has 10 rings (SSSR count). The van der Waals surface area contributed by atoms with E-state index in [9.17, 15) is 39.0 Å². The van der Waals surface area contributed by atoms with Crippen molar-refractivity contribution in [2.24, 2.45) is 11.5 Å². The number of hydrogen-bond acceptors (Lipinski definition) is 9. The Kier molecular flexibility index (Phi) is 9.82. The molecule has 0 radical (unpaired) electrons. The van der Waals surface area contributed by atoms with Gasteiger partial charge in [-0.3, -0.25) is 39.6 Å². The fraction of sp³-hybridized carbons (Fsp3) is 0.455. The number of nitrogens with one attached hydrogen (secondary N) is 2. The van der Waals surface area contributed by atoms with E-state index in [-0.39, 0.29) is 37.0 Å². The van der Waals surface area contributed by atoms with Crippen LogP contribution in [0.25, 0.3) is 0 Å². The van der Waals surface area contributed by atoms with Gasteiger partial charge in [0.15, 0.2) is 0 Å². The predicted octanol–water partition coefficient (Wildman–Crippen LogP) is 3.63. The monoisotopic (exact) mass is 805 g/mol. The van der Waals surface area contributed by atoms with E-state index in [0.29, 0.717) is 73.9 Å². The van der Waals surface area contributed by atoms with Gasteiger partial charge in [-0.2, -0.15) is 0 Å². The molecular formula is C44H51N7O8. The van der Waals surface area contributed by atoms with E-state index in [0.717, 1.165) is 5.69 Å². The van der Waals surface area contributed by atoms with Crippen LogP contribution in [0.1, 0.15) is 87.5 Å². The summed E-state index contributed by atoms with van der Waals surface area (Å²) in [6, 6.07) is 23.7. The minimum Gasteiger partial charge on any atom is -0.465 e. The summed E-state index contributed by atoms with van der Waals surface area (Å²) < 4.78 is 0. The lowest BCUT2D eigenvalue weighted by Crippen LogP contribution is -2.72. The molecule has 8 N–H and O–H groups in total. The number of primary amides is 2. The summed E-state index contributed by atoms with van der Waals surface area (Å²) in [4.78, 5) is 86.4.